The van der Waals surface area contributed by atoms with Crippen molar-refractivity contribution in [3.8, 4) is 11.4 Å². The van der Waals surface area contributed by atoms with Gasteiger partial charge in [-0.1, -0.05) is 17.7 Å². The van der Waals surface area contributed by atoms with Crippen molar-refractivity contribution in [1.29, 1.82) is 0 Å². The largest absolute Gasteiger partial charge is 0.302 e. The molecule has 0 aliphatic rings. The standard InChI is InChI=1S/C17H13ClN4O3S/c1-2-21-16(12-4-6-13(18)7-5-12)19-20-17(21)26-15-8-3-11(10-23)9-14(15)22(24)25/h3-10H,2H2,1H3. The highest BCUT2D eigenvalue weighted by Gasteiger charge is 2.20. The van der Waals surface area contributed by atoms with Crippen LogP contribution >= 0.6 is 23.4 Å². The molecule has 132 valence electrons. The van der Waals surface area contributed by atoms with Gasteiger partial charge in [0.05, 0.1) is 9.82 Å². The maximum atomic E-state index is 11.3. The number of nitro groups is 1. The van der Waals surface area contributed by atoms with Gasteiger partial charge in [-0.05, 0) is 49.0 Å². The zero-order valence-corrected chi connectivity index (χ0v) is 15.2. The summed E-state index contributed by atoms with van der Waals surface area (Å²) in [6, 6.07) is 11.5. The van der Waals surface area contributed by atoms with E-state index in [0.29, 0.717) is 33.7 Å². The summed E-state index contributed by atoms with van der Waals surface area (Å²) in [5.74, 6) is 0.652. The first-order chi connectivity index (χ1) is 12.5. The number of aromatic nitrogens is 3. The minimum atomic E-state index is -0.512. The van der Waals surface area contributed by atoms with Crippen LogP contribution in [0.5, 0.6) is 0 Å². The van der Waals surface area contributed by atoms with Gasteiger partial charge >= 0.3 is 0 Å². The third-order valence-electron chi connectivity index (χ3n) is 3.65. The molecule has 0 spiro atoms. The van der Waals surface area contributed by atoms with Crippen molar-refractivity contribution in [3.05, 3.63) is 63.2 Å². The lowest BCUT2D eigenvalue weighted by Crippen LogP contribution is -2.00. The Labute approximate surface area is 158 Å². The van der Waals surface area contributed by atoms with Gasteiger partial charge in [0.15, 0.2) is 11.0 Å². The molecular weight excluding hydrogens is 376 g/mol. The predicted octanol–water partition coefficient (Wildman–Crippen LogP) is 4.49. The van der Waals surface area contributed by atoms with Crippen LogP contribution in [0.25, 0.3) is 11.4 Å². The van der Waals surface area contributed by atoms with E-state index in [2.05, 4.69) is 10.2 Å². The van der Waals surface area contributed by atoms with Crippen molar-refractivity contribution >= 4 is 35.3 Å². The number of hydrogen-bond donors (Lipinski definition) is 0. The van der Waals surface area contributed by atoms with Crippen LogP contribution in [-0.2, 0) is 6.54 Å². The smallest absolute Gasteiger partial charge is 0.284 e. The number of aldehydes is 1. The number of nitrogens with zero attached hydrogens (tertiary/aromatic N) is 4. The Morgan fingerprint density at radius 2 is 1.96 bits per heavy atom. The lowest BCUT2D eigenvalue weighted by Gasteiger charge is -2.08. The third-order valence-corrected chi connectivity index (χ3v) is 4.95. The van der Waals surface area contributed by atoms with Gasteiger partial charge in [-0.25, -0.2) is 0 Å². The summed E-state index contributed by atoms with van der Waals surface area (Å²) in [5, 5.41) is 20.9. The molecule has 3 aromatic rings. The molecule has 1 aromatic heterocycles. The quantitative estimate of drug-likeness (QED) is 0.351. The maximum absolute atomic E-state index is 11.3. The summed E-state index contributed by atoms with van der Waals surface area (Å²) < 4.78 is 1.87. The molecule has 0 atom stereocenters. The maximum Gasteiger partial charge on any atom is 0.284 e. The highest BCUT2D eigenvalue weighted by Crippen LogP contribution is 2.35. The molecule has 26 heavy (non-hydrogen) atoms. The van der Waals surface area contributed by atoms with Gasteiger partial charge in [-0.2, -0.15) is 0 Å². The Morgan fingerprint density at radius 3 is 2.58 bits per heavy atom. The molecule has 7 nitrogen and oxygen atoms in total. The van der Waals surface area contributed by atoms with Crippen molar-refractivity contribution in [2.75, 3.05) is 0 Å². The zero-order chi connectivity index (χ0) is 18.7. The van der Waals surface area contributed by atoms with E-state index in [1.54, 1.807) is 18.2 Å². The first kappa shape index (κ1) is 18.1. The normalized spacial score (nSPS) is 10.7. The van der Waals surface area contributed by atoms with Crippen LogP contribution < -0.4 is 0 Å². The SMILES string of the molecule is CCn1c(Sc2ccc(C=O)cc2[N+](=O)[O-])nnc1-c1ccc(Cl)cc1. The Hall–Kier alpha value is -2.71. The lowest BCUT2D eigenvalue weighted by atomic mass is 10.2. The summed E-state index contributed by atoms with van der Waals surface area (Å²) in [6.07, 6.45) is 0.578. The topological polar surface area (TPSA) is 90.9 Å². The summed E-state index contributed by atoms with van der Waals surface area (Å²) in [4.78, 5) is 22.1. The number of rotatable bonds is 6. The van der Waals surface area contributed by atoms with Crippen molar-refractivity contribution in [2.24, 2.45) is 0 Å². The molecule has 0 N–H and O–H groups in total. The molecule has 2 aromatic carbocycles. The van der Waals surface area contributed by atoms with Crippen molar-refractivity contribution in [2.45, 2.75) is 23.5 Å². The summed E-state index contributed by atoms with van der Waals surface area (Å²) >= 11 is 7.06. The fourth-order valence-electron chi connectivity index (χ4n) is 2.40. The van der Waals surface area contributed by atoms with E-state index < -0.39 is 4.92 Å². The molecule has 0 amide bonds. The molecule has 0 fully saturated rings. The van der Waals surface area contributed by atoms with E-state index >= 15 is 0 Å². The third kappa shape index (κ3) is 3.61. The Kier molecular flexibility index (Phi) is 5.34. The number of nitro benzene ring substituents is 1. The minimum absolute atomic E-state index is 0.140. The van der Waals surface area contributed by atoms with E-state index in [1.807, 2.05) is 23.6 Å². The second-order valence-corrected chi connectivity index (χ2v) is 6.71. The van der Waals surface area contributed by atoms with Crippen LogP contribution in [0.3, 0.4) is 0 Å². The van der Waals surface area contributed by atoms with E-state index in [4.69, 9.17) is 11.6 Å². The second-order valence-electron chi connectivity index (χ2n) is 5.26. The van der Waals surface area contributed by atoms with Crippen molar-refractivity contribution in [3.63, 3.8) is 0 Å². The van der Waals surface area contributed by atoms with E-state index in [9.17, 15) is 14.9 Å². The average Bonchev–Trinajstić information content (AvgIpc) is 3.05. The summed E-state index contributed by atoms with van der Waals surface area (Å²) in [7, 11) is 0. The van der Waals surface area contributed by atoms with Crippen LogP contribution in [0.15, 0.2) is 52.5 Å². The molecule has 9 heteroatoms. The van der Waals surface area contributed by atoms with E-state index in [0.717, 1.165) is 17.3 Å². The van der Waals surface area contributed by atoms with Gasteiger partial charge in [0.2, 0.25) is 0 Å². The predicted molar refractivity (Wildman–Crippen MR) is 98.7 cm³/mol. The van der Waals surface area contributed by atoms with E-state index in [-0.39, 0.29) is 11.3 Å². The first-order valence-electron chi connectivity index (χ1n) is 7.64. The number of carbonyl (C=O) groups excluding carboxylic acids is 1. The number of halogens is 1. The molecule has 1 heterocycles. The van der Waals surface area contributed by atoms with Crippen LogP contribution in [0.4, 0.5) is 5.69 Å². The number of carbonyl (C=O) groups is 1. The Bertz CT molecular complexity index is 973. The Balaban J connectivity index is 2.00. The van der Waals surface area contributed by atoms with Crippen molar-refractivity contribution < 1.29 is 9.72 Å². The lowest BCUT2D eigenvalue weighted by molar-refractivity contribution is -0.387. The second kappa shape index (κ2) is 7.67. The fourth-order valence-corrected chi connectivity index (χ4v) is 3.50. The van der Waals surface area contributed by atoms with Gasteiger partial charge in [0, 0.05) is 28.8 Å². The highest BCUT2D eigenvalue weighted by atomic mass is 35.5. The van der Waals surface area contributed by atoms with Crippen molar-refractivity contribution in [1.82, 2.24) is 14.8 Å². The van der Waals surface area contributed by atoms with Gasteiger partial charge in [-0.3, -0.25) is 14.9 Å². The molecule has 0 aliphatic heterocycles. The molecule has 0 saturated heterocycles. The minimum Gasteiger partial charge on any atom is -0.302 e. The van der Waals surface area contributed by atoms with Gasteiger partial charge in [0.25, 0.3) is 5.69 Å². The monoisotopic (exact) mass is 388 g/mol. The van der Waals surface area contributed by atoms with Crippen LogP contribution in [-0.4, -0.2) is 26.0 Å². The average molecular weight is 389 g/mol. The summed E-state index contributed by atoms with van der Waals surface area (Å²) in [5.41, 5.74) is 0.958. The highest BCUT2D eigenvalue weighted by molar-refractivity contribution is 7.99. The van der Waals surface area contributed by atoms with Gasteiger partial charge in [-0.15, -0.1) is 10.2 Å². The zero-order valence-electron chi connectivity index (χ0n) is 13.6. The van der Waals surface area contributed by atoms with Gasteiger partial charge in [0.1, 0.15) is 6.29 Å². The fraction of sp³-hybridized carbons (Fsp3) is 0.118. The van der Waals surface area contributed by atoms with E-state index in [1.165, 1.54) is 12.1 Å². The van der Waals surface area contributed by atoms with Crippen LogP contribution in [0.2, 0.25) is 5.02 Å². The first-order valence-corrected chi connectivity index (χ1v) is 8.83. The van der Waals surface area contributed by atoms with Crippen LogP contribution in [0, 0.1) is 10.1 Å². The molecule has 0 bridgehead atoms. The number of hydrogen-bond acceptors (Lipinski definition) is 6. The molecule has 0 saturated carbocycles. The summed E-state index contributed by atoms with van der Waals surface area (Å²) in [6.45, 7) is 2.53. The van der Waals surface area contributed by atoms with Crippen LogP contribution in [0.1, 0.15) is 17.3 Å². The number of benzene rings is 2. The molecule has 0 aliphatic carbocycles. The Morgan fingerprint density at radius 1 is 1.23 bits per heavy atom. The molecule has 0 unspecified atom stereocenters. The molecule has 0 radical (unpaired) electrons. The molecular formula is C17H13ClN4O3S. The van der Waals surface area contributed by atoms with Gasteiger partial charge < -0.3 is 4.57 Å². The molecule has 3 rings (SSSR count).